The number of hydrogen-bond donors (Lipinski definition) is 1. The number of urea groups is 1. The molecule has 0 saturated carbocycles. The molecule has 0 aliphatic heterocycles. The lowest BCUT2D eigenvalue weighted by atomic mass is 10.2. The number of aromatic nitrogens is 1. The Hall–Kier alpha value is -2.66. The summed E-state index contributed by atoms with van der Waals surface area (Å²) in [5, 5.41) is 5.22. The number of para-hydroxylation sites is 2. The summed E-state index contributed by atoms with van der Waals surface area (Å²) >= 11 is 1.39. The summed E-state index contributed by atoms with van der Waals surface area (Å²) in [4.78, 5) is 18.3. The number of hydrogen-bond acceptors (Lipinski definition) is 3. The molecule has 0 aliphatic rings. The highest BCUT2D eigenvalue weighted by Crippen LogP contribution is 2.26. The molecule has 0 spiro atoms. The minimum absolute atomic E-state index is 0.234. The SMILES string of the molecule is O=C(Nc1nccs1)N(c1ccccc1)c1ccccc1. The normalized spacial score (nSPS) is 10.1. The molecule has 21 heavy (non-hydrogen) atoms. The lowest BCUT2D eigenvalue weighted by Gasteiger charge is -2.22. The van der Waals surface area contributed by atoms with Crippen LogP contribution >= 0.6 is 11.3 Å². The van der Waals surface area contributed by atoms with Gasteiger partial charge in [0, 0.05) is 11.6 Å². The van der Waals surface area contributed by atoms with Crippen LogP contribution in [0.25, 0.3) is 0 Å². The molecule has 1 aromatic heterocycles. The summed E-state index contributed by atoms with van der Waals surface area (Å²) in [7, 11) is 0. The first-order valence-corrected chi connectivity index (χ1v) is 7.33. The first-order chi connectivity index (χ1) is 10.3. The van der Waals surface area contributed by atoms with Crippen LogP contribution in [0.4, 0.5) is 21.3 Å². The van der Waals surface area contributed by atoms with Gasteiger partial charge in [-0.15, -0.1) is 11.3 Å². The molecular weight excluding hydrogens is 282 g/mol. The minimum Gasteiger partial charge on any atom is -0.283 e. The molecule has 0 bridgehead atoms. The fourth-order valence-electron chi connectivity index (χ4n) is 1.97. The van der Waals surface area contributed by atoms with Crippen molar-refractivity contribution in [2.75, 3.05) is 10.2 Å². The van der Waals surface area contributed by atoms with Crippen LogP contribution in [-0.4, -0.2) is 11.0 Å². The minimum atomic E-state index is -0.234. The topological polar surface area (TPSA) is 45.2 Å². The van der Waals surface area contributed by atoms with Gasteiger partial charge in [-0.25, -0.2) is 9.78 Å². The maximum absolute atomic E-state index is 12.6. The summed E-state index contributed by atoms with van der Waals surface area (Å²) in [6.07, 6.45) is 1.66. The van der Waals surface area contributed by atoms with Crippen LogP contribution in [0.3, 0.4) is 0 Å². The Morgan fingerprint density at radius 3 is 2.00 bits per heavy atom. The van der Waals surface area contributed by atoms with Gasteiger partial charge in [0.1, 0.15) is 0 Å². The van der Waals surface area contributed by atoms with E-state index in [0.717, 1.165) is 11.4 Å². The number of carbonyl (C=O) groups excluding carboxylic acids is 1. The van der Waals surface area contributed by atoms with Crippen LogP contribution in [0.2, 0.25) is 0 Å². The molecule has 3 rings (SSSR count). The van der Waals surface area contributed by atoms with Crippen molar-refractivity contribution in [1.82, 2.24) is 4.98 Å². The van der Waals surface area contributed by atoms with Crippen LogP contribution in [0.5, 0.6) is 0 Å². The Morgan fingerprint density at radius 2 is 1.52 bits per heavy atom. The monoisotopic (exact) mass is 295 g/mol. The molecule has 0 aliphatic carbocycles. The van der Waals surface area contributed by atoms with E-state index >= 15 is 0 Å². The van der Waals surface area contributed by atoms with Gasteiger partial charge in [-0.2, -0.15) is 0 Å². The van der Waals surface area contributed by atoms with E-state index in [9.17, 15) is 4.79 Å². The van der Waals surface area contributed by atoms with Gasteiger partial charge in [0.15, 0.2) is 5.13 Å². The van der Waals surface area contributed by atoms with E-state index in [0.29, 0.717) is 5.13 Å². The van der Waals surface area contributed by atoms with Gasteiger partial charge in [0.25, 0.3) is 0 Å². The van der Waals surface area contributed by atoms with Crippen LogP contribution < -0.4 is 10.2 Å². The smallest absolute Gasteiger partial charge is 0.283 e. The van der Waals surface area contributed by atoms with Gasteiger partial charge >= 0.3 is 6.03 Å². The number of nitrogens with zero attached hydrogens (tertiary/aromatic N) is 2. The molecular formula is C16H13N3OS. The van der Waals surface area contributed by atoms with Crippen molar-refractivity contribution in [1.29, 1.82) is 0 Å². The summed E-state index contributed by atoms with van der Waals surface area (Å²) < 4.78 is 0. The third-order valence-electron chi connectivity index (χ3n) is 2.88. The largest absolute Gasteiger partial charge is 0.332 e. The molecule has 5 heteroatoms. The van der Waals surface area contributed by atoms with Crippen molar-refractivity contribution in [3.63, 3.8) is 0 Å². The number of benzene rings is 2. The molecule has 1 N–H and O–H groups in total. The third-order valence-corrected chi connectivity index (χ3v) is 3.57. The fraction of sp³-hybridized carbons (Fsp3) is 0. The molecule has 4 nitrogen and oxygen atoms in total. The third kappa shape index (κ3) is 3.09. The Morgan fingerprint density at radius 1 is 0.952 bits per heavy atom. The first-order valence-electron chi connectivity index (χ1n) is 6.45. The summed E-state index contributed by atoms with van der Waals surface area (Å²) in [5.74, 6) is 0. The molecule has 2 aromatic carbocycles. The lowest BCUT2D eigenvalue weighted by molar-refractivity contribution is 0.259. The zero-order valence-corrected chi connectivity index (χ0v) is 12.0. The lowest BCUT2D eigenvalue weighted by Crippen LogP contribution is -2.30. The molecule has 0 unspecified atom stereocenters. The second-order valence-corrected chi connectivity index (χ2v) is 5.17. The molecule has 1 heterocycles. The predicted molar refractivity (Wildman–Crippen MR) is 86.2 cm³/mol. The molecule has 3 aromatic rings. The molecule has 104 valence electrons. The Labute approximate surface area is 126 Å². The van der Waals surface area contributed by atoms with E-state index in [1.165, 1.54) is 11.3 Å². The van der Waals surface area contributed by atoms with Crippen LogP contribution in [-0.2, 0) is 0 Å². The van der Waals surface area contributed by atoms with E-state index in [2.05, 4.69) is 10.3 Å². The van der Waals surface area contributed by atoms with E-state index in [1.807, 2.05) is 66.0 Å². The average molecular weight is 295 g/mol. The van der Waals surface area contributed by atoms with Crippen molar-refractivity contribution in [3.8, 4) is 0 Å². The molecule has 0 radical (unpaired) electrons. The average Bonchev–Trinajstić information content (AvgIpc) is 3.02. The number of nitrogens with one attached hydrogen (secondary N) is 1. The van der Waals surface area contributed by atoms with Gasteiger partial charge in [0.05, 0.1) is 11.4 Å². The molecule has 2 amide bonds. The van der Waals surface area contributed by atoms with Crippen molar-refractivity contribution < 1.29 is 4.79 Å². The summed E-state index contributed by atoms with van der Waals surface area (Å²) in [6, 6.07) is 18.8. The maximum atomic E-state index is 12.6. The van der Waals surface area contributed by atoms with Crippen molar-refractivity contribution in [2.24, 2.45) is 0 Å². The number of amides is 2. The van der Waals surface area contributed by atoms with E-state index in [1.54, 1.807) is 11.1 Å². The highest BCUT2D eigenvalue weighted by Gasteiger charge is 2.18. The summed E-state index contributed by atoms with van der Waals surface area (Å²) in [6.45, 7) is 0. The van der Waals surface area contributed by atoms with Crippen molar-refractivity contribution in [3.05, 3.63) is 72.2 Å². The summed E-state index contributed by atoms with van der Waals surface area (Å²) in [5.41, 5.74) is 1.61. The van der Waals surface area contributed by atoms with Crippen LogP contribution in [0.15, 0.2) is 72.2 Å². The van der Waals surface area contributed by atoms with Gasteiger partial charge in [-0.1, -0.05) is 36.4 Å². The Kier molecular flexibility index (Phi) is 3.93. The highest BCUT2D eigenvalue weighted by molar-refractivity contribution is 7.13. The predicted octanol–water partition coefficient (Wildman–Crippen LogP) is 4.51. The standard InChI is InChI=1S/C16H13N3OS/c20-16(18-15-17-11-12-21-15)19(13-7-3-1-4-8-13)14-9-5-2-6-10-14/h1-12H,(H,17,18,20). The van der Waals surface area contributed by atoms with Crippen molar-refractivity contribution in [2.45, 2.75) is 0 Å². The fourth-order valence-corrected chi connectivity index (χ4v) is 2.49. The second kappa shape index (κ2) is 6.19. The molecule has 0 atom stereocenters. The first kappa shape index (κ1) is 13.3. The highest BCUT2D eigenvalue weighted by atomic mass is 32.1. The number of rotatable bonds is 3. The maximum Gasteiger partial charge on any atom is 0.332 e. The number of anilines is 3. The van der Waals surface area contributed by atoms with Gasteiger partial charge in [-0.05, 0) is 24.3 Å². The van der Waals surface area contributed by atoms with Crippen LogP contribution in [0, 0.1) is 0 Å². The van der Waals surface area contributed by atoms with Gasteiger partial charge in [-0.3, -0.25) is 10.2 Å². The van der Waals surface area contributed by atoms with E-state index < -0.39 is 0 Å². The zero-order valence-electron chi connectivity index (χ0n) is 11.1. The molecule has 0 saturated heterocycles. The van der Waals surface area contributed by atoms with E-state index in [-0.39, 0.29) is 6.03 Å². The Bertz CT molecular complexity index is 659. The van der Waals surface area contributed by atoms with Crippen molar-refractivity contribution >= 4 is 33.9 Å². The number of thiazole rings is 1. The quantitative estimate of drug-likeness (QED) is 0.772. The zero-order chi connectivity index (χ0) is 14.5. The van der Waals surface area contributed by atoms with E-state index in [4.69, 9.17) is 0 Å². The number of carbonyl (C=O) groups is 1. The second-order valence-electron chi connectivity index (χ2n) is 4.27. The van der Waals surface area contributed by atoms with Gasteiger partial charge < -0.3 is 0 Å². The Balaban J connectivity index is 1.95. The van der Waals surface area contributed by atoms with Gasteiger partial charge in [0.2, 0.25) is 0 Å². The molecule has 0 fully saturated rings. The van der Waals surface area contributed by atoms with Crippen LogP contribution in [0.1, 0.15) is 0 Å².